The number of piperazine rings is 1. The van der Waals surface area contributed by atoms with Crippen molar-refractivity contribution in [3.8, 4) is 23.1 Å². The minimum atomic E-state index is -1.10. The van der Waals surface area contributed by atoms with Gasteiger partial charge in [-0.3, -0.25) is 0 Å². The number of anilines is 1. The molecule has 3 fully saturated rings. The van der Waals surface area contributed by atoms with Gasteiger partial charge in [0.2, 0.25) is 5.88 Å². The van der Waals surface area contributed by atoms with E-state index in [0.717, 1.165) is 47.5 Å². The second kappa shape index (κ2) is 8.14. The van der Waals surface area contributed by atoms with E-state index in [-0.39, 0.29) is 12.1 Å². The predicted molar refractivity (Wildman–Crippen MR) is 133 cm³/mol. The van der Waals surface area contributed by atoms with Gasteiger partial charge in [-0.1, -0.05) is 12.1 Å². The molecule has 35 heavy (non-hydrogen) atoms. The Kier molecular flexibility index (Phi) is 5.04. The highest BCUT2D eigenvalue weighted by atomic mass is 16.5. The fraction of sp³-hybridized carbons (Fsp3) is 0.280. The van der Waals surface area contributed by atoms with Crippen molar-refractivity contribution in [1.29, 1.82) is 5.26 Å². The molecule has 0 aromatic carbocycles. The lowest BCUT2D eigenvalue weighted by molar-refractivity contribution is -0.0304. The molecule has 168 valence electrons. The number of nitriles is 1. The van der Waals surface area contributed by atoms with Gasteiger partial charge in [-0.05, 0) is 35.5 Å². The SMILES string of the molecule is [B]C([B])(c1ccc(OC)nc1)N1C2CC1CN(c1ccc(-c3cccn4ncc(C#N)c34)cn1)C2. The van der Waals surface area contributed by atoms with E-state index in [1.165, 1.54) is 0 Å². The zero-order valence-electron chi connectivity index (χ0n) is 19.2. The van der Waals surface area contributed by atoms with E-state index in [4.69, 9.17) is 25.4 Å². The minimum absolute atomic E-state index is 0.228. The first kappa shape index (κ1) is 21.7. The third-order valence-corrected chi connectivity index (χ3v) is 7.07. The Morgan fingerprint density at radius 1 is 1.06 bits per heavy atom. The second-order valence-corrected chi connectivity index (χ2v) is 9.06. The van der Waals surface area contributed by atoms with Gasteiger partial charge in [-0.2, -0.15) is 10.4 Å². The van der Waals surface area contributed by atoms with Gasteiger partial charge in [0, 0.05) is 61.0 Å². The average Bonchev–Trinajstić information content (AvgIpc) is 3.32. The molecule has 0 amide bonds. The molecule has 7 rings (SSSR count). The zero-order valence-corrected chi connectivity index (χ0v) is 19.2. The third kappa shape index (κ3) is 3.46. The maximum atomic E-state index is 9.46. The smallest absolute Gasteiger partial charge is 0.212 e. The van der Waals surface area contributed by atoms with E-state index in [9.17, 15) is 5.26 Å². The number of rotatable bonds is 5. The van der Waals surface area contributed by atoms with Crippen LogP contribution in [0.4, 0.5) is 5.82 Å². The third-order valence-electron chi connectivity index (χ3n) is 7.07. The number of aromatic nitrogens is 4. The number of methoxy groups -OCH3 is 1. The molecule has 0 saturated carbocycles. The molecule has 2 unspecified atom stereocenters. The van der Waals surface area contributed by atoms with Crippen LogP contribution in [0.25, 0.3) is 16.6 Å². The van der Waals surface area contributed by atoms with Crippen LogP contribution in [0, 0.1) is 11.3 Å². The van der Waals surface area contributed by atoms with Crippen LogP contribution in [0.5, 0.6) is 5.88 Å². The topological polar surface area (TPSA) is 82.6 Å². The number of hydrogen-bond donors (Lipinski definition) is 0. The van der Waals surface area contributed by atoms with Crippen molar-refractivity contribution in [2.24, 2.45) is 0 Å². The first-order valence-electron chi connectivity index (χ1n) is 11.4. The lowest BCUT2D eigenvalue weighted by Gasteiger charge is -2.63. The highest BCUT2D eigenvalue weighted by molar-refractivity contribution is 6.39. The van der Waals surface area contributed by atoms with E-state index in [2.05, 4.69) is 26.0 Å². The van der Waals surface area contributed by atoms with E-state index in [0.29, 0.717) is 11.4 Å². The van der Waals surface area contributed by atoms with Crippen molar-refractivity contribution < 1.29 is 4.74 Å². The van der Waals surface area contributed by atoms with Gasteiger partial charge in [0.1, 0.15) is 11.9 Å². The molecule has 4 aromatic rings. The summed E-state index contributed by atoms with van der Waals surface area (Å²) in [4.78, 5) is 13.5. The summed E-state index contributed by atoms with van der Waals surface area (Å²) in [7, 11) is 14.8. The van der Waals surface area contributed by atoms with Crippen molar-refractivity contribution in [2.45, 2.75) is 23.8 Å². The van der Waals surface area contributed by atoms with Crippen LogP contribution in [-0.4, -0.2) is 72.5 Å². The monoisotopic (exact) mass is 457 g/mol. The molecular formula is C25H21B2N7O. The fourth-order valence-corrected chi connectivity index (χ4v) is 5.38. The lowest BCUT2D eigenvalue weighted by atomic mass is 9.54. The van der Waals surface area contributed by atoms with E-state index < -0.39 is 5.34 Å². The van der Waals surface area contributed by atoms with Crippen molar-refractivity contribution in [1.82, 2.24) is 24.5 Å². The van der Waals surface area contributed by atoms with E-state index >= 15 is 0 Å². The van der Waals surface area contributed by atoms with Crippen LogP contribution in [0.1, 0.15) is 17.5 Å². The number of nitrogens with zero attached hydrogens (tertiary/aromatic N) is 7. The van der Waals surface area contributed by atoms with Gasteiger partial charge in [-0.25, -0.2) is 14.5 Å². The normalized spacial score (nSPS) is 19.8. The summed E-state index contributed by atoms with van der Waals surface area (Å²) in [5.74, 6) is 1.44. The molecule has 0 spiro atoms. The molecule has 3 saturated heterocycles. The fourth-order valence-electron chi connectivity index (χ4n) is 5.38. The average molecular weight is 457 g/mol. The Hall–Kier alpha value is -3.83. The van der Waals surface area contributed by atoms with Crippen LogP contribution in [0.3, 0.4) is 0 Å². The zero-order chi connectivity index (χ0) is 24.2. The standard InChI is InChI=1S/C25H21B2N7O/c1-35-23-7-5-18(13-30-23)25(26,27)34-19-9-20(34)15-32(14-19)22-6-4-16(11-29-22)21-3-2-8-33-24(21)17(10-28)12-31-33/h2-8,11-13,19-20H,9,14-15H2,1H3. The summed E-state index contributed by atoms with van der Waals surface area (Å²) in [6, 6.07) is 14.3. The maximum absolute atomic E-state index is 9.46. The molecule has 10 heteroatoms. The summed E-state index contributed by atoms with van der Waals surface area (Å²) in [6.07, 6.45) is 8.02. The van der Waals surface area contributed by atoms with Gasteiger partial charge in [-0.15, -0.1) is 0 Å². The molecule has 4 aromatic heterocycles. The first-order chi connectivity index (χ1) is 17.0. The molecule has 2 atom stereocenters. The Balaban J connectivity index is 1.20. The van der Waals surface area contributed by atoms with Crippen molar-refractivity contribution in [2.75, 3.05) is 25.1 Å². The number of fused-ring (bicyclic) bond motifs is 3. The van der Waals surface area contributed by atoms with Gasteiger partial charge in [0.25, 0.3) is 0 Å². The minimum Gasteiger partial charge on any atom is -0.481 e. The Bertz CT molecular complexity index is 1420. The Morgan fingerprint density at radius 3 is 2.54 bits per heavy atom. The summed E-state index contributed by atoms with van der Waals surface area (Å²) in [5.41, 5.74) is 3.96. The van der Waals surface area contributed by atoms with Gasteiger partial charge in [0.05, 0.1) is 40.1 Å². The quantitative estimate of drug-likeness (QED) is 0.425. The van der Waals surface area contributed by atoms with Gasteiger partial charge < -0.3 is 14.5 Å². The van der Waals surface area contributed by atoms with Crippen LogP contribution >= 0.6 is 0 Å². The van der Waals surface area contributed by atoms with E-state index in [1.807, 2.05) is 42.7 Å². The number of hydrogen-bond acceptors (Lipinski definition) is 7. The number of ether oxygens (including phenoxy) is 1. The molecular weight excluding hydrogens is 436 g/mol. The molecule has 2 bridgehead atoms. The first-order valence-corrected chi connectivity index (χ1v) is 11.4. The molecule has 4 radical (unpaired) electrons. The molecule has 0 aliphatic carbocycles. The van der Waals surface area contributed by atoms with Crippen LogP contribution in [-0.2, 0) is 5.34 Å². The highest BCUT2D eigenvalue weighted by Gasteiger charge is 2.50. The number of piperidine rings is 1. The largest absolute Gasteiger partial charge is 0.481 e. The lowest BCUT2D eigenvalue weighted by Crippen LogP contribution is -2.74. The van der Waals surface area contributed by atoms with Crippen LogP contribution < -0.4 is 9.64 Å². The van der Waals surface area contributed by atoms with Gasteiger partial charge >= 0.3 is 0 Å². The summed E-state index contributed by atoms with van der Waals surface area (Å²) in [5, 5.41) is 12.6. The second-order valence-electron chi connectivity index (χ2n) is 9.06. The van der Waals surface area contributed by atoms with E-state index in [1.54, 1.807) is 30.1 Å². The van der Waals surface area contributed by atoms with Gasteiger partial charge in [0.15, 0.2) is 0 Å². The summed E-state index contributed by atoms with van der Waals surface area (Å²) in [6.45, 7) is 1.58. The highest BCUT2D eigenvalue weighted by Crippen LogP contribution is 2.41. The number of pyridine rings is 3. The molecule has 3 aliphatic heterocycles. The van der Waals surface area contributed by atoms with Crippen molar-refractivity contribution in [3.63, 3.8) is 0 Å². The molecule has 7 heterocycles. The van der Waals surface area contributed by atoms with Crippen LogP contribution in [0.15, 0.2) is 61.2 Å². The summed E-state index contributed by atoms with van der Waals surface area (Å²) < 4.78 is 6.87. The predicted octanol–water partition coefficient (Wildman–Crippen LogP) is 2.08. The molecule has 0 N–H and O–H groups in total. The Labute approximate surface area is 206 Å². The van der Waals surface area contributed by atoms with Crippen molar-refractivity contribution >= 4 is 27.0 Å². The van der Waals surface area contributed by atoms with Crippen LogP contribution in [0.2, 0.25) is 0 Å². The van der Waals surface area contributed by atoms with Crippen molar-refractivity contribution in [3.05, 3.63) is 72.3 Å². The maximum Gasteiger partial charge on any atom is 0.212 e. The molecule has 8 nitrogen and oxygen atoms in total. The summed E-state index contributed by atoms with van der Waals surface area (Å²) >= 11 is 0. The molecule has 3 aliphatic rings. The Morgan fingerprint density at radius 2 is 1.89 bits per heavy atom.